The molecule has 0 radical (unpaired) electrons. The molecule has 8 heteroatoms. The molecule has 1 aliphatic rings. The number of anilines is 1. The van der Waals surface area contributed by atoms with Crippen LogP contribution in [0.1, 0.15) is 30.1 Å². The molecule has 1 aliphatic heterocycles. The van der Waals surface area contributed by atoms with E-state index in [0.717, 1.165) is 4.90 Å². The molecule has 0 bridgehead atoms. The van der Waals surface area contributed by atoms with E-state index in [4.69, 9.17) is 0 Å². The first-order valence-corrected chi connectivity index (χ1v) is 7.14. The first-order valence-electron chi connectivity index (χ1n) is 7.14. The van der Waals surface area contributed by atoms with Crippen molar-refractivity contribution in [1.82, 2.24) is 4.90 Å². The van der Waals surface area contributed by atoms with E-state index in [-0.39, 0.29) is 24.4 Å². The van der Waals surface area contributed by atoms with E-state index in [2.05, 4.69) is 5.32 Å². The number of β-amino-alcohol motifs (C(OH)–C–C–N with tert-alkyl or cyclic N) is 1. The SMILES string of the molecule is CCC(=O)Nc1cccc(C(=O)N2CCC(O)(C(F)(F)F)C2)c1. The molecule has 2 amide bonds. The number of carbonyl (C=O) groups excluding carboxylic acids is 2. The number of nitrogens with one attached hydrogen (secondary N) is 1. The van der Waals surface area contributed by atoms with Crippen molar-refractivity contribution >= 4 is 17.5 Å². The number of carbonyl (C=O) groups is 2. The third-order valence-corrected chi connectivity index (χ3v) is 3.78. The van der Waals surface area contributed by atoms with Crippen molar-refractivity contribution in [3.63, 3.8) is 0 Å². The first kappa shape index (κ1) is 17.3. The number of nitrogens with zero attached hydrogens (tertiary/aromatic N) is 1. The van der Waals surface area contributed by atoms with E-state index in [9.17, 15) is 27.9 Å². The van der Waals surface area contributed by atoms with E-state index in [1.165, 1.54) is 18.2 Å². The molecule has 23 heavy (non-hydrogen) atoms. The third-order valence-electron chi connectivity index (χ3n) is 3.78. The molecular formula is C15H17F3N2O3. The van der Waals surface area contributed by atoms with Crippen molar-refractivity contribution in [2.75, 3.05) is 18.4 Å². The van der Waals surface area contributed by atoms with Crippen LogP contribution in [0.4, 0.5) is 18.9 Å². The standard InChI is InChI=1S/C15H17F3N2O3/c1-2-12(21)19-11-5-3-4-10(8-11)13(22)20-7-6-14(23,9-20)15(16,17)18/h3-5,8,23H,2,6-7,9H2,1H3,(H,19,21). The molecule has 2 rings (SSSR count). The van der Waals surface area contributed by atoms with Crippen molar-refractivity contribution in [3.8, 4) is 0 Å². The Morgan fingerprint density at radius 3 is 2.65 bits per heavy atom. The predicted octanol–water partition coefficient (Wildman–Crippen LogP) is 2.17. The van der Waals surface area contributed by atoms with Crippen LogP contribution in [0, 0.1) is 0 Å². The first-order chi connectivity index (χ1) is 10.7. The van der Waals surface area contributed by atoms with Gasteiger partial charge in [-0.15, -0.1) is 0 Å². The molecule has 1 atom stereocenters. The van der Waals surface area contributed by atoms with Crippen LogP contribution >= 0.6 is 0 Å². The van der Waals surface area contributed by atoms with Gasteiger partial charge in [-0.25, -0.2) is 0 Å². The number of aliphatic hydroxyl groups is 1. The zero-order valence-electron chi connectivity index (χ0n) is 12.5. The lowest BCUT2D eigenvalue weighted by molar-refractivity contribution is -0.253. The summed E-state index contributed by atoms with van der Waals surface area (Å²) in [5.41, 5.74) is -2.31. The summed E-state index contributed by atoms with van der Waals surface area (Å²) >= 11 is 0. The fourth-order valence-corrected chi connectivity index (χ4v) is 2.36. The van der Waals surface area contributed by atoms with Crippen LogP contribution in [0.2, 0.25) is 0 Å². The lowest BCUT2D eigenvalue weighted by atomic mass is 10.0. The molecule has 0 aliphatic carbocycles. The highest BCUT2D eigenvalue weighted by atomic mass is 19.4. The molecule has 1 aromatic rings. The van der Waals surface area contributed by atoms with Gasteiger partial charge >= 0.3 is 6.18 Å². The van der Waals surface area contributed by atoms with Gasteiger partial charge in [-0.3, -0.25) is 9.59 Å². The molecule has 1 fully saturated rings. The summed E-state index contributed by atoms with van der Waals surface area (Å²) < 4.78 is 38.4. The Labute approximate surface area is 131 Å². The molecule has 0 saturated carbocycles. The Morgan fingerprint density at radius 1 is 1.39 bits per heavy atom. The molecule has 1 aromatic carbocycles. The average molecular weight is 330 g/mol. The maximum atomic E-state index is 12.8. The Bertz CT molecular complexity index is 618. The minimum Gasteiger partial charge on any atom is -0.379 e. The quantitative estimate of drug-likeness (QED) is 0.892. The highest BCUT2D eigenvalue weighted by molar-refractivity contribution is 5.97. The van der Waals surface area contributed by atoms with Crippen molar-refractivity contribution in [2.24, 2.45) is 0 Å². The van der Waals surface area contributed by atoms with Crippen LogP contribution in [-0.2, 0) is 4.79 Å². The Balaban J connectivity index is 2.13. The van der Waals surface area contributed by atoms with Gasteiger partial charge < -0.3 is 15.3 Å². The summed E-state index contributed by atoms with van der Waals surface area (Å²) in [7, 11) is 0. The van der Waals surface area contributed by atoms with Gasteiger partial charge in [-0.05, 0) is 18.2 Å². The normalized spacial score (nSPS) is 21.3. The smallest absolute Gasteiger partial charge is 0.379 e. The Morgan fingerprint density at radius 2 is 2.09 bits per heavy atom. The van der Waals surface area contributed by atoms with Crippen molar-refractivity contribution in [1.29, 1.82) is 0 Å². The number of amides is 2. The molecular weight excluding hydrogens is 313 g/mol. The zero-order chi connectivity index (χ0) is 17.3. The fourth-order valence-electron chi connectivity index (χ4n) is 2.36. The Hall–Kier alpha value is -2.09. The maximum Gasteiger partial charge on any atom is 0.419 e. The minimum atomic E-state index is -4.78. The van der Waals surface area contributed by atoms with Gasteiger partial charge in [0.25, 0.3) is 5.91 Å². The molecule has 1 unspecified atom stereocenters. The van der Waals surface area contributed by atoms with Crippen LogP contribution in [0.25, 0.3) is 0 Å². The number of likely N-dealkylation sites (tertiary alicyclic amines) is 1. The molecule has 126 valence electrons. The summed E-state index contributed by atoms with van der Waals surface area (Å²) in [5.74, 6) is -0.847. The van der Waals surface area contributed by atoms with Gasteiger partial charge in [0, 0.05) is 30.6 Å². The van der Waals surface area contributed by atoms with Crippen LogP contribution in [-0.4, -0.2) is 46.7 Å². The molecule has 1 saturated heterocycles. The van der Waals surface area contributed by atoms with Gasteiger partial charge in [0.2, 0.25) is 5.91 Å². The molecule has 1 heterocycles. The van der Waals surface area contributed by atoms with Crippen LogP contribution in [0.3, 0.4) is 0 Å². The number of halogens is 3. The number of rotatable bonds is 3. The second-order valence-corrected chi connectivity index (χ2v) is 5.49. The average Bonchev–Trinajstić information content (AvgIpc) is 2.90. The predicted molar refractivity (Wildman–Crippen MR) is 76.9 cm³/mol. The van der Waals surface area contributed by atoms with Gasteiger partial charge in [0.15, 0.2) is 5.60 Å². The number of hydrogen-bond acceptors (Lipinski definition) is 3. The number of benzene rings is 1. The van der Waals surface area contributed by atoms with E-state index in [1.54, 1.807) is 13.0 Å². The van der Waals surface area contributed by atoms with Gasteiger partial charge in [0.05, 0.1) is 6.54 Å². The maximum absolute atomic E-state index is 12.8. The van der Waals surface area contributed by atoms with Crippen molar-refractivity contribution < 1.29 is 27.9 Å². The van der Waals surface area contributed by atoms with E-state index < -0.39 is 30.7 Å². The largest absolute Gasteiger partial charge is 0.419 e. The third kappa shape index (κ3) is 3.64. The van der Waals surface area contributed by atoms with Crippen molar-refractivity contribution in [3.05, 3.63) is 29.8 Å². The van der Waals surface area contributed by atoms with Gasteiger partial charge in [0.1, 0.15) is 0 Å². The summed E-state index contributed by atoms with van der Waals surface area (Å²) in [6.45, 7) is 0.702. The molecule has 0 spiro atoms. The van der Waals surface area contributed by atoms with E-state index >= 15 is 0 Å². The number of alkyl halides is 3. The second kappa shape index (κ2) is 6.19. The van der Waals surface area contributed by atoms with Crippen LogP contribution < -0.4 is 5.32 Å². The summed E-state index contributed by atoms with van der Waals surface area (Å²) in [6, 6.07) is 5.97. The molecule has 5 nitrogen and oxygen atoms in total. The lowest BCUT2D eigenvalue weighted by Gasteiger charge is -2.26. The molecule has 2 N–H and O–H groups in total. The number of hydrogen-bond donors (Lipinski definition) is 2. The minimum absolute atomic E-state index is 0.158. The second-order valence-electron chi connectivity index (χ2n) is 5.49. The lowest BCUT2D eigenvalue weighted by Crippen LogP contribution is -2.48. The summed E-state index contributed by atoms with van der Waals surface area (Å²) in [5, 5.41) is 12.2. The fraction of sp³-hybridized carbons (Fsp3) is 0.467. The van der Waals surface area contributed by atoms with Crippen molar-refractivity contribution in [2.45, 2.75) is 31.5 Å². The summed E-state index contributed by atoms with van der Waals surface area (Å²) in [4.78, 5) is 24.6. The highest BCUT2D eigenvalue weighted by Gasteiger charge is 2.57. The van der Waals surface area contributed by atoms with Gasteiger partial charge in [-0.2, -0.15) is 13.2 Å². The van der Waals surface area contributed by atoms with E-state index in [0.29, 0.717) is 5.69 Å². The van der Waals surface area contributed by atoms with E-state index in [1.807, 2.05) is 0 Å². The monoisotopic (exact) mass is 330 g/mol. The molecule has 0 aromatic heterocycles. The Kier molecular flexibility index (Phi) is 4.65. The van der Waals surface area contributed by atoms with Crippen LogP contribution in [0.5, 0.6) is 0 Å². The summed E-state index contributed by atoms with van der Waals surface area (Å²) in [6.07, 6.45) is -5.06. The van der Waals surface area contributed by atoms with Gasteiger partial charge in [-0.1, -0.05) is 13.0 Å². The topological polar surface area (TPSA) is 69.6 Å². The van der Waals surface area contributed by atoms with Crippen LogP contribution in [0.15, 0.2) is 24.3 Å². The zero-order valence-corrected chi connectivity index (χ0v) is 12.5. The highest BCUT2D eigenvalue weighted by Crippen LogP contribution is 2.38.